The molecular formula is C14H24N2O2. The van der Waals surface area contributed by atoms with Crippen LogP contribution in [0.5, 0.6) is 0 Å². The van der Waals surface area contributed by atoms with Gasteiger partial charge in [-0.05, 0) is 44.7 Å². The van der Waals surface area contributed by atoms with Crippen molar-refractivity contribution in [2.45, 2.75) is 51.5 Å². The number of carbonyl (C=O) groups is 2. The number of carbonyl (C=O) groups excluding carboxylic acids is 2. The van der Waals surface area contributed by atoms with Gasteiger partial charge in [0.05, 0.1) is 6.04 Å². The topological polar surface area (TPSA) is 49.4 Å². The van der Waals surface area contributed by atoms with E-state index in [2.05, 4.69) is 10.2 Å². The van der Waals surface area contributed by atoms with Crippen LogP contribution in [0.1, 0.15) is 45.4 Å². The zero-order valence-electron chi connectivity index (χ0n) is 11.3. The normalized spacial score (nSPS) is 27.2. The highest BCUT2D eigenvalue weighted by Gasteiger charge is 2.30. The average molecular weight is 252 g/mol. The number of hydrogen-bond acceptors (Lipinski definition) is 3. The summed E-state index contributed by atoms with van der Waals surface area (Å²) in [6.45, 7) is 4.39. The zero-order chi connectivity index (χ0) is 13.0. The van der Waals surface area contributed by atoms with Gasteiger partial charge in [-0.15, -0.1) is 0 Å². The van der Waals surface area contributed by atoms with Crippen LogP contribution in [0.3, 0.4) is 0 Å². The van der Waals surface area contributed by atoms with Gasteiger partial charge in [0.15, 0.2) is 0 Å². The lowest BCUT2D eigenvalue weighted by Crippen LogP contribution is -2.48. The smallest absolute Gasteiger partial charge is 0.216 e. The number of rotatable bonds is 3. The Labute approximate surface area is 109 Å². The van der Waals surface area contributed by atoms with Gasteiger partial charge < -0.3 is 5.32 Å². The Balaban J connectivity index is 1.75. The Morgan fingerprint density at radius 2 is 2.00 bits per heavy atom. The maximum absolute atomic E-state index is 11.9. The molecule has 2 fully saturated rings. The van der Waals surface area contributed by atoms with E-state index < -0.39 is 0 Å². The lowest BCUT2D eigenvalue weighted by molar-refractivity contribution is -0.126. The minimum Gasteiger partial charge on any atom is -0.356 e. The minimum atomic E-state index is 0.0555. The van der Waals surface area contributed by atoms with Crippen molar-refractivity contribution in [3.8, 4) is 0 Å². The van der Waals surface area contributed by atoms with Gasteiger partial charge in [-0.2, -0.15) is 0 Å². The molecule has 1 saturated heterocycles. The van der Waals surface area contributed by atoms with Crippen molar-refractivity contribution in [1.82, 2.24) is 10.2 Å². The summed E-state index contributed by atoms with van der Waals surface area (Å²) in [5, 5.41) is 2.89. The summed E-state index contributed by atoms with van der Waals surface area (Å²) in [6, 6.07) is 0.195. The van der Waals surface area contributed by atoms with E-state index in [0.717, 1.165) is 51.7 Å². The van der Waals surface area contributed by atoms with Crippen molar-refractivity contribution in [1.29, 1.82) is 0 Å². The van der Waals surface area contributed by atoms with Crippen molar-refractivity contribution in [3.05, 3.63) is 0 Å². The largest absolute Gasteiger partial charge is 0.356 e. The minimum absolute atomic E-state index is 0.0555. The molecule has 0 aromatic rings. The van der Waals surface area contributed by atoms with Crippen LogP contribution in [-0.4, -0.2) is 42.3 Å². The molecule has 0 radical (unpaired) electrons. The Morgan fingerprint density at radius 1 is 1.28 bits per heavy atom. The van der Waals surface area contributed by atoms with E-state index in [4.69, 9.17) is 0 Å². The van der Waals surface area contributed by atoms with Crippen LogP contribution in [0.2, 0.25) is 0 Å². The number of nitrogens with one attached hydrogen (secondary N) is 1. The number of Topliss-reactive ketones (excluding diaryl/α,β-unsaturated/α-hetero) is 1. The number of amides is 1. The summed E-state index contributed by atoms with van der Waals surface area (Å²) >= 11 is 0. The van der Waals surface area contributed by atoms with E-state index in [1.807, 2.05) is 0 Å². The fourth-order valence-electron chi connectivity index (χ4n) is 3.11. The molecule has 0 spiro atoms. The summed E-state index contributed by atoms with van der Waals surface area (Å²) in [4.78, 5) is 25.1. The van der Waals surface area contributed by atoms with E-state index in [1.54, 1.807) is 6.92 Å². The Kier molecular flexibility index (Phi) is 4.75. The molecule has 1 aliphatic carbocycles. The number of hydrogen-bond donors (Lipinski definition) is 1. The SMILES string of the molecule is CC(=O)NCC1CCN(C2CCCCC2=O)CC1. The highest BCUT2D eigenvalue weighted by atomic mass is 16.1. The quantitative estimate of drug-likeness (QED) is 0.825. The summed E-state index contributed by atoms with van der Waals surface area (Å²) in [5.41, 5.74) is 0. The van der Waals surface area contributed by atoms with Crippen LogP contribution in [0, 0.1) is 5.92 Å². The van der Waals surface area contributed by atoms with Crippen LogP contribution < -0.4 is 5.32 Å². The Morgan fingerprint density at radius 3 is 2.61 bits per heavy atom. The molecule has 1 saturated carbocycles. The third-order valence-corrected chi connectivity index (χ3v) is 4.25. The van der Waals surface area contributed by atoms with Gasteiger partial charge in [0.2, 0.25) is 5.91 Å². The predicted molar refractivity (Wildman–Crippen MR) is 70.2 cm³/mol. The van der Waals surface area contributed by atoms with Crippen molar-refractivity contribution < 1.29 is 9.59 Å². The number of likely N-dealkylation sites (tertiary alicyclic amines) is 1. The van der Waals surface area contributed by atoms with Crippen LogP contribution in [0.4, 0.5) is 0 Å². The van der Waals surface area contributed by atoms with Gasteiger partial charge in [0.25, 0.3) is 0 Å². The van der Waals surface area contributed by atoms with Gasteiger partial charge in [0, 0.05) is 19.9 Å². The second kappa shape index (κ2) is 6.32. The third-order valence-electron chi connectivity index (χ3n) is 4.25. The Hall–Kier alpha value is -0.900. The zero-order valence-corrected chi connectivity index (χ0v) is 11.3. The number of piperidine rings is 1. The molecular weight excluding hydrogens is 228 g/mol. The lowest BCUT2D eigenvalue weighted by Gasteiger charge is -2.38. The van der Waals surface area contributed by atoms with E-state index in [1.165, 1.54) is 6.42 Å². The summed E-state index contributed by atoms with van der Waals surface area (Å²) in [6.07, 6.45) is 6.30. The second-order valence-corrected chi connectivity index (χ2v) is 5.64. The van der Waals surface area contributed by atoms with Gasteiger partial charge in [-0.25, -0.2) is 0 Å². The van der Waals surface area contributed by atoms with Gasteiger partial charge in [-0.1, -0.05) is 6.42 Å². The molecule has 4 nitrogen and oxygen atoms in total. The molecule has 0 bridgehead atoms. The first-order chi connectivity index (χ1) is 8.66. The van der Waals surface area contributed by atoms with E-state index in [-0.39, 0.29) is 11.9 Å². The van der Waals surface area contributed by atoms with Crippen molar-refractivity contribution in [2.24, 2.45) is 5.92 Å². The van der Waals surface area contributed by atoms with Crippen LogP contribution in [0.25, 0.3) is 0 Å². The van der Waals surface area contributed by atoms with E-state index in [9.17, 15) is 9.59 Å². The molecule has 18 heavy (non-hydrogen) atoms. The maximum atomic E-state index is 11.9. The van der Waals surface area contributed by atoms with Crippen LogP contribution >= 0.6 is 0 Å². The van der Waals surface area contributed by atoms with Crippen LogP contribution in [-0.2, 0) is 9.59 Å². The molecule has 1 N–H and O–H groups in total. The van der Waals surface area contributed by atoms with Crippen molar-refractivity contribution in [2.75, 3.05) is 19.6 Å². The first-order valence-corrected chi connectivity index (χ1v) is 7.18. The fourth-order valence-corrected chi connectivity index (χ4v) is 3.11. The maximum Gasteiger partial charge on any atom is 0.216 e. The average Bonchev–Trinajstić information content (AvgIpc) is 2.38. The third kappa shape index (κ3) is 3.55. The number of nitrogens with zero attached hydrogens (tertiary/aromatic N) is 1. The van der Waals surface area contributed by atoms with E-state index in [0.29, 0.717) is 11.7 Å². The molecule has 1 unspecified atom stereocenters. The Bertz CT molecular complexity index is 309. The molecule has 1 atom stereocenters. The van der Waals surface area contributed by atoms with Gasteiger partial charge >= 0.3 is 0 Å². The number of ketones is 1. The molecule has 1 amide bonds. The molecule has 0 aromatic carbocycles. The molecule has 2 aliphatic rings. The molecule has 0 aromatic heterocycles. The highest BCUT2D eigenvalue weighted by molar-refractivity contribution is 5.84. The second-order valence-electron chi connectivity index (χ2n) is 5.64. The van der Waals surface area contributed by atoms with Crippen molar-refractivity contribution in [3.63, 3.8) is 0 Å². The highest BCUT2D eigenvalue weighted by Crippen LogP contribution is 2.25. The van der Waals surface area contributed by atoms with Gasteiger partial charge in [-0.3, -0.25) is 14.5 Å². The predicted octanol–water partition coefficient (Wildman–Crippen LogP) is 1.35. The standard InChI is InChI=1S/C14H24N2O2/c1-11(17)15-10-12-6-8-16(9-7-12)13-4-2-3-5-14(13)18/h12-13H,2-10H2,1H3,(H,15,17). The molecule has 4 heteroatoms. The van der Waals surface area contributed by atoms with Crippen molar-refractivity contribution >= 4 is 11.7 Å². The fraction of sp³-hybridized carbons (Fsp3) is 0.857. The van der Waals surface area contributed by atoms with E-state index >= 15 is 0 Å². The molecule has 1 aliphatic heterocycles. The lowest BCUT2D eigenvalue weighted by atomic mass is 9.89. The molecule has 1 heterocycles. The first kappa shape index (κ1) is 13.5. The molecule has 2 rings (SSSR count). The van der Waals surface area contributed by atoms with Crippen LogP contribution in [0.15, 0.2) is 0 Å². The first-order valence-electron chi connectivity index (χ1n) is 7.18. The summed E-state index contributed by atoms with van der Waals surface area (Å²) < 4.78 is 0. The monoisotopic (exact) mass is 252 g/mol. The molecule has 102 valence electrons. The summed E-state index contributed by atoms with van der Waals surface area (Å²) in [5.74, 6) is 1.09. The van der Waals surface area contributed by atoms with Gasteiger partial charge in [0.1, 0.15) is 5.78 Å². The summed E-state index contributed by atoms with van der Waals surface area (Å²) in [7, 11) is 0.